The van der Waals surface area contributed by atoms with Crippen LogP contribution >= 0.6 is 0 Å². The van der Waals surface area contributed by atoms with Gasteiger partial charge in [-0.25, -0.2) is 9.97 Å². The lowest BCUT2D eigenvalue weighted by Gasteiger charge is -2.42. The second-order valence-corrected chi connectivity index (χ2v) is 20.0. The van der Waals surface area contributed by atoms with Gasteiger partial charge in [-0.2, -0.15) is 0 Å². The summed E-state index contributed by atoms with van der Waals surface area (Å²) < 4.78 is 4.93. The second kappa shape index (κ2) is 12.5. The molecule has 3 aromatic heterocycles. The average molecular weight is 813 g/mol. The first-order valence-electron chi connectivity index (χ1n) is 22.6. The molecule has 8 aromatic carbocycles. The number of hydrogen-bond donors (Lipinski definition) is 0. The monoisotopic (exact) mass is 812 g/mol. The van der Waals surface area contributed by atoms with Crippen LogP contribution in [0, 0.1) is 0 Å². The number of benzene rings is 8. The highest BCUT2D eigenvalue weighted by atomic mass is 15.2. The molecule has 2 aliphatic carbocycles. The summed E-state index contributed by atoms with van der Waals surface area (Å²) in [6.45, 7) is 14.4. The van der Waals surface area contributed by atoms with Crippen molar-refractivity contribution in [3.05, 3.63) is 180 Å². The fourth-order valence-electron chi connectivity index (χ4n) is 11.8. The number of para-hydroxylation sites is 3. The molecule has 0 saturated carbocycles. The SMILES string of the molecule is CC1(C)CCC(C)(C)c2cc3c(cc21)c1c2ccccc2c2c4ccccc4n(-c4nc(-c5ccc6c(c5)C(C)(C)c5ccccc5-6)c5ccccc5n4)c2c1n3-c1ccccc1. The van der Waals surface area contributed by atoms with Gasteiger partial charge >= 0.3 is 0 Å². The zero-order chi connectivity index (χ0) is 42.6. The van der Waals surface area contributed by atoms with E-state index in [-0.39, 0.29) is 16.2 Å². The van der Waals surface area contributed by atoms with Crippen LogP contribution in [0.3, 0.4) is 0 Å². The van der Waals surface area contributed by atoms with Crippen LogP contribution < -0.4 is 0 Å². The molecule has 3 heterocycles. The molecule has 63 heavy (non-hydrogen) atoms. The quantitative estimate of drug-likeness (QED) is 0.178. The first-order valence-corrected chi connectivity index (χ1v) is 22.6. The number of hydrogen-bond acceptors (Lipinski definition) is 2. The Hall–Kier alpha value is -7.04. The molecule has 11 aromatic rings. The number of nitrogens with zero attached hydrogens (tertiary/aromatic N) is 4. The lowest BCUT2D eigenvalue weighted by molar-refractivity contribution is 0.332. The van der Waals surface area contributed by atoms with Gasteiger partial charge in [0.1, 0.15) is 0 Å². The Kier molecular flexibility index (Phi) is 7.29. The van der Waals surface area contributed by atoms with E-state index in [1.54, 1.807) is 0 Å². The van der Waals surface area contributed by atoms with Crippen LogP contribution in [0.1, 0.15) is 76.6 Å². The van der Waals surface area contributed by atoms with Crippen molar-refractivity contribution in [2.45, 2.75) is 70.6 Å². The summed E-state index contributed by atoms with van der Waals surface area (Å²) in [5.41, 5.74) is 16.9. The Morgan fingerprint density at radius 1 is 0.429 bits per heavy atom. The van der Waals surface area contributed by atoms with Crippen LogP contribution in [-0.4, -0.2) is 19.1 Å². The summed E-state index contributed by atoms with van der Waals surface area (Å²) in [5, 5.41) is 8.50. The van der Waals surface area contributed by atoms with E-state index in [1.807, 2.05) is 0 Å². The summed E-state index contributed by atoms with van der Waals surface area (Å²) in [5.74, 6) is 0.668. The summed E-state index contributed by atoms with van der Waals surface area (Å²) in [7, 11) is 0. The van der Waals surface area contributed by atoms with Crippen molar-refractivity contribution in [3.8, 4) is 34.0 Å². The van der Waals surface area contributed by atoms with Crippen LogP contribution in [0.15, 0.2) is 158 Å². The third kappa shape index (κ3) is 4.92. The summed E-state index contributed by atoms with van der Waals surface area (Å²) in [6.07, 6.45) is 2.31. The molecule has 0 amide bonds. The molecule has 0 aliphatic heterocycles. The molecule has 2 aliphatic rings. The molecule has 0 saturated heterocycles. The zero-order valence-corrected chi connectivity index (χ0v) is 36.7. The van der Waals surface area contributed by atoms with Gasteiger partial charge in [0.15, 0.2) is 0 Å². The Balaban J connectivity index is 1.21. The van der Waals surface area contributed by atoms with Crippen LogP contribution in [-0.2, 0) is 16.2 Å². The van der Waals surface area contributed by atoms with Crippen molar-refractivity contribution in [2.24, 2.45) is 0 Å². The molecule has 4 heteroatoms. The molecule has 0 N–H and O–H groups in total. The minimum atomic E-state index is -0.137. The molecular formula is C59H48N4. The molecular weight excluding hydrogens is 765 g/mol. The van der Waals surface area contributed by atoms with Gasteiger partial charge in [-0.3, -0.25) is 4.57 Å². The third-order valence-electron chi connectivity index (χ3n) is 15.2. The lowest BCUT2D eigenvalue weighted by Crippen LogP contribution is -2.33. The molecule has 0 unspecified atom stereocenters. The maximum atomic E-state index is 5.72. The van der Waals surface area contributed by atoms with E-state index in [2.05, 4.69) is 208 Å². The van der Waals surface area contributed by atoms with E-state index >= 15 is 0 Å². The molecule has 0 atom stereocenters. The highest BCUT2D eigenvalue weighted by Gasteiger charge is 2.39. The van der Waals surface area contributed by atoms with E-state index in [1.165, 1.54) is 76.7 Å². The average Bonchev–Trinajstić information content (AvgIpc) is 3.91. The van der Waals surface area contributed by atoms with Crippen molar-refractivity contribution >= 4 is 65.3 Å². The van der Waals surface area contributed by atoms with E-state index in [4.69, 9.17) is 9.97 Å². The number of rotatable bonds is 3. The molecule has 0 fully saturated rings. The first-order chi connectivity index (χ1) is 30.5. The molecule has 0 spiro atoms. The zero-order valence-electron chi connectivity index (χ0n) is 36.7. The van der Waals surface area contributed by atoms with Crippen molar-refractivity contribution in [1.82, 2.24) is 19.1 Å². The van der Waals surface area contributed by atoms with Crippen LogP contribution in [0.4, 0.5) is 0 Å². The molecule has 13 rings (SSSR count). The smallest absolute Gasteiger partial charge is 0.235 e. The predicted octanol–water partition coefficient (Wildman–Crippen LogP) is 15.3. The van der Waals surface area contributed by atoms with Crippen molar-refractivity contribution in [1.29, 1.82) is 0 Å². The lowest BCUT2D eigenvalue weighted by atomic mass is 9.63. The van der Waals surface area contributed by atoms with Gasteiger partial charge in [-0.05, 0) is 110 Å². The first kappa shape index (κ1) is 36.6. The highest BCUT2D eigenvalue weighted by molar-refractivity contribution is 6.36. The Labute approximate surface area is 367 Å². The van der Waals surface area contributed by atoms with Crippen molar-refractivity contribution in [3.63, 3.8) is 0 Å². The van der Waals surface area contributed by atoms with Gasteiger partial charge in [-0.15, -0.1) is 0 Å². The Morgan fingerprint density at radius 2 is 1.02 bits per heavy atom. The topological polar surface area (TPSA) is 35.6 Å². The van der Waals surface area contributed by atoms with Gasteiger partial charge < -0.3 is 4.57 Å². The maximum absolute atomic E-state index is 5.72. The molecule has 0 bridgehead atoms. The predicted molar refractivity (Wildman–Crippen MR) is 264 cm³/mol. The summed E-state index contributed by atoms with van der Waals surface area (Å²) in [6, 6.07) is 58.4. The van der Waals surface area contributed by atoms with E-state index in [0.29, 0.717) is 5.95 Å². The standard InChI is InChI=1S/C59H48N4/c1-57(2)30-31-58(3,4)47-34-50-43(33-46(47)57)52-40-22-11-10-21-39(40)51-42-24-14-17-27-49(42)63(55(51)54(52)62(50)36-18-8-7-9-19-36)56-60-48-26-16-13-23-41(48)53(61-56)35-28-29-38-37-20-12-15-25-44(37)59(5,6)45(38)32-35/h7-29,32-34H,30-31H2,1-6H3. The van der Waals surface area contributed by atoms with Crippen molar-refractivity contribution in [2.75, 3.05) is 0 Å². The largest absolute Gasteiger partial charge is 0.307 e. The maximum Gasteiger partial charge on any atom is 0.235 e. The Morgan fingerprint density at radius 3 is 1.78 bits per heavy atom. The van der Waals surface area contributed by atoms with E-state index < -0.39 is 0 Å². The number of fused-ring (bicyclic) bond motifs is 15. The highest BCUT2D eigenvalue weighted by Crippen LogP contribution is 2.53. The van der Waals surface area contributed by atoms with Crippen LogP contribution in [0.5, 0.6) is 0 Å². The third-order valence-corrected chi connectivity index (χ3v) is 15.2. The van der Waals surface area contributed by atoms with Crippen molar-refractivity contribution < 1.29 is 0 Å². The van der Waals surface area contributed by atoms with Gasteiger partial charge in [0.2, 0.25) is 5.95 Å². The van der Waals surface area contributed by atoms with Gasteiger partial charge in [0, 0.05) is 43.6 Å². The van der Waals surface area contributed by atoms with Crippen LogP contribution in [0.2, 0.25) is 0 Å². The van der Waals surface area contributed by atoms with E-state index in [0.717, 1.165) is 51.7 Å². The fourth-order valence-corrected chi connectivity index (χ4v) is 11.8. The van der Waals surface area contributed by atoms with Gasteiger partial charge in [0.25, 0.3) is 0 Å². The van der Waals surface area contributed by atoms with E-state index in [9.17, 15) is 0 Å². The van der Waals surface area contributed by atoms with Gasteiger partial charge in [-0.1, -0.05) is 157 Å². The van der Waals surface area contributed by atoms with Gasteiger partial charge in [0.05, 0.1) is 33.3 Å². The molecule has 0 radical (unpaired) electrons. The number of aromatic nitrogens is 4. The molecule has 304 valence electrons. The fraction of sp³-hybridized carbons (Fsp3) is 0.186. The second-order valence-electron chi connectivity index (χ2n) is 20.0. The Bertz CT molecular complexity index is 3760. The molecule has 4 nitrogen and oxygen atoms in total. The summed E-state index contributed by atoms with van der Waals surface area (Å²) in [4.78, 5) is 11.2. The minimum Gasteiger partial charge on any atom is -0.307 e. The van der Waals surface area contributed by atoms with Crippen LogP contribution in [0.25, 0.3) is 99.3 Å². The normalized spacial score (nSPS) is 16.0. The summed E-state index contributed by atoms with van der Waals surface area (Å²) >= 11 is 0. The minimum absolute atomic E-state index is 0.0498.